The second kappa shape index (κ2) is 10.1. The fourth-order valence-electron chi connectivity index (χ4n) is 4.15. The van der Waals surface area contributed by atoms with E-state index in [0.29, 0.717) is 18.9 Å². The maximum atomic E-state index is 12.7. The first-order valence-electron chi connectivity index (χ1n) is 11.1. The molecule has 3 atom stereocenters. The molecule has 1 aliphatic heterocycles. The summed E-state index contributed by atoms with van der Waals surface area (Å²) in [5.74, 6) is 0.760. The summed E-state index contributed by atoms with van der Waals surface area (Å²) in [7, 11) is 0. The van der Waals surface area contributed by atoms with Gasteiger partial charge in [0.25, 0.3) is 0 Å². The van der Waals surface area contributed by atoms with Crippen LogP contribution in [0.5, 0.6) is 0 Å². The molecule has 162 valence electrons. The Kier molecular flexibility index (Phi) is 8.12. The highest BCUT2D eigenvalue weighted by Gasteiger charge is 2.42. The molecule has 5 heteroatoms. The minimum Gasteiger partial charge on any atom is -0.444 e. The summed E-state index contributed by atoms with van der Waals surface area (Å²) in [5.41, 5.74) is 0.625. The summed E-state index contributed by atoms with van der Waals surface area (Å²) in [4.78, 5) is 27.0. The van der Waals surface area contributed by atoms with E-state index in [0.717, 1.165) is 18.4 Å². The Hall–Kier alpha value is -2.04. The van der Waals surface area contributed by atoms with E-state index in [2.05, 4.69) is 24.4 Å². The Morgan fingerprint density at radius 1 is 1.14 bits per heavy atom. The van der Waals surface area contributed by atoms with Crippen molar-refractivity contribution in [1.82, 2.24) is 10.2 Å². The van der Waals surface area contributed by atoms with Crippen LogP contribution in [-0.4, -0.2) is 35.1 Å². The SMILES string of the molecule is CC.CC(c1ccccc1)N1CC(C(NC(=O)OC(C)(C)C)C2CCC2)CC1=O. The van der Waals surface area contributed by atoms with Gasteiger partial charge in [0.1, 0.15) is 5.60 Å². The number of nitrogens with zero attached hydrogens (tertiary/aromatic N) is 1. The van der Waals surface area contributed by atoms with Crippen molar-refractivity contribution in [1.29, 1.82) is 0 Å². The summed E-state index contributed by atoms with van der Waals surface area (Å²) < 4.78 is 5.47. The van der Waals surface area contributed by atoms with Crippen LogP contribution in [-0.2, 0) is 9.53 Å². The van der Waals surface area contributed by atoms with E-state index >= 15 is 0 Å². The number of hydrogen-bond acceptors (Lipinski definition) is 3. The van der Waals surface area contributed by atoms with Gasteiger partial charge in [-0.1, -0.05) is 50.6 Å². The minimum atomic E-state index is -0.520. The van der Waals surface area contributed by atoms with Crippen molar-refractivity contribution in [2.75, 3.05) is 6.54 Å². The number of hydrogen-bond donors (Lipinski definition) is 1. The molecule has 2 amide bonds. The van der Waals surface area contributed by atoms with Crippen molar-refractivity contribution in [3.63, 3.8) is 0 Å². The Morgan fingerprint density at radius 3 is 2.28 bits per heavy atom. The molecule has 0 spiro atoms. The molecule has 1 N–H and O–H groups in total. The van der Waals surface area contributed by atoms with E-state index in [1.165, 1.54) is 6.42 Å². The highest BCUT2D eigenvalue weighted by Crippen LogP contribution is 2.38. The van der Waals surface area contributed by atoms with Gasteiger partial charge < -0.3 is 15.0 Å². The van der Waals surface area contributed by atoms with Crippen molar-refractivity contribution < 1.29 is 14.3 Å². The lowest BCUT2D eigenvalue weighted by atomic mass is 9.74. The lowest BCUT2D eigenvalue weighted by molar-refractivity contribution is -0.129. The van der Waals surface area contributed by atoms with Gasteiger partial charge in [-0.25, -0.2) is 4.79 Å². The molecule has 1 aromatic rings. The molecule has 29 heavy (non-hydrogen) atoms. The van der Waals surface area contributed by atoms with Gasteiger partial charge in [-0.2, -0.15) is 0 Å². The lowest BCUT2D eigenvalue weighted by Gasteiger charge is -2.38. The molecule has 0 bridgehead atoms. The van der Waals surface area contributed by atoms with Gasteiger partial charge in [-0.3, -0.25) is 4.79 Å². The van der Waals surface area contributed by atoms with Crippen LogP contribution in [0, 0.1) is 11.8 Å². The van der Waals surface area contributed by atoms with Crippen LogP contribution in [0.1, 0.15) is 78.8 Å². The zero-order chi connectivity index (χ0) is 21.6. The molecular weight excluding hydrogens is 364 g/mol. The largest absolute Gasteiger partial charge is 0.444 e. The average Bonchev–Trinajstić information content (AvgIpc) is 3.01. The number of likely N-dealkylation sites (tertiary alicyclic amines) is 1. The van der Waals surface area contributed by atoms with E-state index < -0.39 is 5.60 Å². The summed E-state index contributed by atoms with van der Waals surface area (Å²) in [6.45, 7) is 12.4. The molecule has 5 nitrogen and oxygen atoms in total. The molecule has 0 aromatic heterocycles. The summed E-state index contributed by atoms with van der Waals surface area (Å²) in [5, 5.41) is 3.10. The van der Waals surface area contributed by atoms with Gasteiger partial charge in [0, 0.05) is 24.9 Å². The third-order valence-electron chi connectivity index (χ3n) is 5.79. The number of carbonyl (C=O) groups excluding carboxylic acids is 2. The molecule has 2 aliphatic rings. The molecule has 3 rings (SSSR count). The fraction of sp³-hybridized carbons (Fsp3) is 0.667. The smallest absolute Gasteiger partial charge is 0.407 e. The van der Waals surface area contributed by atoms with Crippen LogP contribution in [0.2, 0.25) is 0 Å². The number of amides is 2. The number of benzene rings is 1. The second-order valence-electron chi connectivity index (χ2n) is 8.96. The fourth-order valence-corrected chi connectivity index (χ4v) is 4.15. The lowest BCUT2D eigenvalue weighted by Crippen LogP contribution is -2.49. The standard InChI is InChI=1S/C22H32N2O3.C2H6/c1-15(16-9-6-5-7-10-16)24-14-18(13-19(24)25)20(17-11-8-12-17)23-21(26)27-22(2,3)4;1-2/h5-7,9-10,15,17-18,20H,8,11-14H2,1-4H3,(H,23,26);1-2H3. The molecule has 1 aliphatic carbocycles. The maximum absolute atomic E-state index is 12.7. The predicted octanol–water partition coefficient (Wildman–Crippen LogP) is 5.32. The third-order valence-corrected chi connectivity index (χ3v) is 5.79. The minimum absolute atomic E-state index is 0.00511. The molecule has 1 aromatic carbocycles. The van der Waals surface area contributed by atoms with Gasteiger partial charge in [0.2, 0.25) is 5.91 Å². The summed E-state index contributed by atoms with van der Waals surface area (Å²) in [6, 6.07) is 10.2. The number of nitrogens with one attached hydrogen (secondary N) is 1. The highest BCUT2D eigenvalue weighted by atomic mass is 16.6. The number of alkyl carbamates (subject to hydrolysis) is 1. The second-order valence-corrected chi connectivity index (χ2v) is 8.96. The first-order chi connectivity index (χ1) is 13.7. The monoisotopic (exact) mass is 402 g/mol. The molecule has 3 unspecified atom stereocenters. The Balaban J connectivity index is 0.00000145. The molecular formula is C24H38N2O3. The zero-order valence-corrected chi connectivity index (χ0v) is 18.9. The Labute approximate surface area is 176 Å². The average molecular weight is 403 g/mol. The highest BCUT2D eigenvalue weighted by molar-refractivity contribution is 5.79. The normalized spacial score (nSPS) is 21.5. The molecule has 1 saturated heterocycles. The van der Waals surface area contributed by atoms with Gasteiger partial charge in [-0.15, -0.1) is 0 Å². The number of rotatable bonds is 5. The van der Waals surface area contributed by atoms with Crippen LogP contribution in [0.25, 0.3) is 0 Å². The predicted molar refractivity (Wildman–Crippen MR) is 117 cm³/mol. The molecule has 1 saturated carbocycles. The van der Waals surface area contributed by atoms with E-state index in [4.69, 9.17) is 4.74 Å². The van der Waals surface area contributed by atoms with Crippen LogP contribution >= 0.6 is 0 Å². The topological polar surface area (TPSA) is 58.6 Å². The van der Waals surface area contributed by atoms with Crippen molar-refractivity contribution in [2.24, 2.45) is 11.8 Å². The summed E-state index contributed by atoms with van der Waals surface area (Å²) in [6.07, 6.45) is 3.54. The van der Waals surface area contributed by atoms with E-state index in [1.54, 1.807) is 0 Å². The Morgan fingerprint density at radius 2 is 1.76 bits per heavy atom. The zero-order valence-electron chi connectivity index (χ0n) is 18.9. The van der Waals surface area contributed by atoms with Crippen LogP contribution in [0.3, 0.4) is 0 Å². The van der Waals surface area contributed by atoms with Crippen LogP contribution < -0.4 is 5.32 Å². The van der Waals surface area contributed by atoms with Gasteiger partial charge in [-0.05, 0) is 52.0 Å². The van der Waals surface area contributed by atoms with E-state index in [-0.39, 0.29) is 30.0 Å². The first kappa shape index (κ1) is 23.2. The van der Waals surface area contributed by atoms with Crippen molar-refractivity contribution >= 4 is 12.0 Å². The third kappa shape index (κ3) is 6.22. The molecule has 2 fully saturated rings. The van der Waals surface area contributed by atoms with Gasteiger partial charge >= 0.3 is 6.09 Å². The first-order valence-corrected chi connectivity index (χ1v) is 11.1. The number of ether oxygens (including phenoxy) is 1. The van der Waals surface area contributed by atoms with Crippen molar-refractivity contribution in [3.05, 3.63) is 35.9 Å². The van der Waals surface area contributed by atoms with Crippen LogP contribution in [0.15, 0.2) is 30.3 Å². The van der Waals surface area contributed by atoms with E-state index in [1.807, 2.05) is 57.7 Å². The quantitative estimate of drug-likeness (QED) is 0.725. The van der Waals surface area contributed by atoms with Gasteiger partial charge in [0.05, 0.1) is 6.04 Å². The van der Waals surface area contributed by atoms with E-state index in [9.17, 15) is 9.59 Å². The molecule has 1 heterocycles. The van der Waals surface area contributed by atoms with Crippen molar-refractivity contribution in [2.45, 2.75) is 84.9 Å². The summed E-state index contributed by atoms with van der Waals surface area (Å²) >= 11 is 0. The maximum Gasteiger partial charge on any atom is 0.407 e. The van der Waals surface area contributed by atoms with Crippen LogP contribution in [0.4, 0.5) is 4.79 Å². The number of carbonyl (C=O) groups is 2. The molecule has 0 radical (unpaired) electrons. The van der Waals surface area contributed by atoms with Crippen molar-refractivity contribution in [3.8, 4) is 0 Å². The van der Waals surface area contributed by atoms with Gasteiger partial charge in [0.15, 0.2) is 0 Å². The Bertz CT molecular complexity index is 664.